The van der Waals surface area contributed by atoms with E-state index in [-0.39, 0.29) is 5.95 Å². The summed E-state index contributed by atoms with van der Waals surface area (Å²) in [6.45, 7) is 0. The molecule has 0 atom stereocenters. The van der Waals surface area contributed by atoms with E-state index in [1.54, 1.807) is 17.7 Å². The second-order valence-corrected chi connectivity index (χ2v) is 4.49. The van der Waals surface area contributed by atoms with E-state index in [1.165, 1.54) is 0 Å². The Balaban J connectivity index is 2.46. The number of hydrogen-bond donors (Lipinski definition) is 2. The van der Waals surface area contributed by atoms with E-state index < -0.39 is 5.56 Å². The molecule has 20 heavy (non-hydrogen) atoms. The van der Waals surface area contributed by atoms with Gasteiger partial charge in [0, 0.05) is 12.6 Å². The minimum Gasteiger partial charge on any atom is -0.385 e. The Labute approximate surface area is 115 Å². The topological polar surface area (TPSA) is 99.8 Å². The van der Waals surface area contributed by atoms with Crippen LogP contribution in [0.2, 0.25) is 0 Å². The Hall–Kier alpha value is -2.89. The molecule has 0 fully saturated rings. The maximum Gasteiger partial charge on any atom is 0.284 e. The third-order valence-corrected chi connectivity index (χ3v) is 3.23. The zero-order valence-electron chi connectivity index (χ0n) is 10.9. The van der Waals surface area contributed by atoms with E-state index in [0.29, 0.717) is 22.8 Å². The van der Waals surface area contributed by atoms with Gasteiger partial charge < -0.3 is 16.0 Å². The van der Waals surface area contributed by atoms with Gasteiger partial charge in [-0.3, -0.25) is 4.79 Å². The maximum atomic E-state index is 12.2. The van der Waals surface area contributed by atoms with Crippen molar-refractivity contribution < 1.29 is 0 Å². The van der Waals surface area contributed by atoms with E-state index in [0.717, 1.165) is 5.56 Å². The predicted molar refractivity (Wildman–Crippen MR) is 78.2 cm³/mol. The highest BCUT2D eigenvalue weighted by Gasteiger charge is 2.20. The summed E-state index contributed by atoms with van der Waals surface area (Å²) in [5, 5.41) is 0. The molecule has 0 spiro atoms. The van der Waals surface area contributed by atoms with Crippen molar-refractivity contribution in [3.05, 3.63) is 46.8 Å². The standard InChI is InChI=1S/C14H13N5O/c1-19-10(15)7-9(8-5-3-2-4-6-8)11-12(19)17-14(16)18-13(11)20/h2-7H,15H2,1H3,(H2,16,18,20). The van der Waals surface area contributed by atoms with Gasteiger partial charge in [0.15, 0.2) is 5.82 Å². The maximum absolute atomic E-state index is 12.2. The fourth-order valence-corrected chi connectivity index (χ4v) is 2.21. The lowest BCUT2D eigenvalue weighted by Gasteiger charge is -2.17. The van der Waals surface area contributed by atoms with Crippen LogP contribution in [0.15, 0.2) is 41.2 Å². The first-order valence-electron chi connectivity index (χ1n) is 6.06. The molecule has 2 heterocycles. The molecule has 0 aliphatic carbocycles. The Bertz CT molecular complexity index is 810. The lowest BCUT2D eigenvalue weighted by atomic mass is 10.00. The lowest BCUT2D eigenvalue weighted by molar-refractivity contribution is 0.884. The van der Waals surface area contributed by atoms with Gasteiger partial charge in [-0.25, -0.2) is 0 Å². The molecule has 3 rings (SSSR count). The summed E-state index contributed by atoms with van der Waals surface area (Å²) in [4.78, 5) is 20.0. The van der Waals surface area contributed by atoms with Crippen LogP contribution in [0.25, 0.3) is 22.5 Å². The number of benzene rings is 1. The first-order valence-corrected chi connectivity index (χ1v) is 6.06. The van der Waals surface area contributed by atoms with Crippen LogP contribution in [0.1, 0.15) is 0 Å². The summed E-state index contributed by atoms with van der Waals surface area (Å²) < 4.78 is 1.63. The Morgan fingerprint density at radius 1 is 1.10 bits per heavy atom. The molecule has 6 heteroatoms. The molecule has 6 nitrogen and oxygen atoms in total. The van der Waals surface area contributed by atoms with Crippen LogP contribution in [0, 0.1) is 0 Å². The van der Waals surface area contributed by atoms with Gasteiger partial charge in [0.05, 0.1) is 5.56 Å². The zero-order valence-corrected chi connectivity index (χ0v) is 10.9. The van der Waals surface area contributed by atoms with Crippen LogP contribution in [-0.2, 0) is 7.05 Å². The Morgan fingerprint density at radius 3 is 2.50 bits per heavy atom. The summed E-state index contributed by atoms with van der Waals surface area (Å²) in [5.74, 6) is 0.873. The van der Waals surface area contributed by atoms with Crippen molar-refractivity contribution in [2.75, 3.05) is 11.5 Å². The molecule has 0 amide bonds. The number of aromatic nitrogens is 3. The van der Waals surface area contributed by atoms with E-state index in [2.05, 4.69) is 9.97 Å². The summed E-state index contributed by atoms with van der Waals surface area (Å²) in [6.07, 6.45) is 0. The second-order valence-electron chi connectivity index (χ2n) is 4.49. The number of fused-ring (bicyclic) bond motifs is 1. The van der Waals surface area contributed by atoms with Gasteiger partial charge in [0.1, 0.15) is 5.82 Å². The number of nitrogen functional groups attached to an aromatic ring is 2. The fraction of sp³-hybridized carbons (Fsp3) is 0.0714. The predicted octanol–water partition coefficient (Wildman–Crippen LogP) is 1.11. The van der Waals surface area contributed by atoms with Crippen molar-refractivity contribution in [2.24, 2.45) is 7.05 Å². The monoisotopic (exact) mass is 267 g/mol. The molecule has 0 unspecified atom stereocenters. The van der Waals surface area contributed by atoms with Crippen molar-refractivity contribution in [1.29, 1.82) is 0 Å². The molecule has 2 aliphatic heterocycles. The smallest absolute Gasteiger partial charge is 0.284 e. The van der Waals surface area contributed by atoms with E-state index in [4.69, 9.17) is 11.5 Å². The quantitative estimate of drug-likeness (QED) is 0.688. The van der Waals surface area contributed by atoms with Crippen molar-refractivity contribution >= 4 is 11.8 Å². The number of anilines is 2. The Kier molecular flexibility index (Phi) is 2.64. The highest BCUT2D eigenvalue weighted by atomic mass is 16.1. The number of nitrogens with zero attached hydrogens (tertiary/aromatic N) is 3. The van der Waals surface area contributed by atoms with E-state index >= 15 is 0 Å². The van der Waals surface area contributed by atoms with Gasteiger partial charge in [-0.2, -0.15) is 9.97 Å². The number of pyridine rings is 1. The van der Waals surface area contributed by atoms with Crippen LogP contribution >= 0.6 is 0 Å². The minimum absolute atomic E-state index is 0.0530. The highest BCUT2D eigenvalue weighted by molar-refractivity contribution is 5.83. The van der Waals surface area contributed by atoms with Crippen LogP contribution < -0.4 is 17.0 Å². The van der Waals surface area contributed by atoms with Crippen molar-refractivity contribution in [3.8, 4) is 22.5 Å². The van der Waals surface area contributed by atoms with Crippen molar-refractivity contribution in [1.82, 2.24) is 14.5 Å². The molecule has 0 radical (unpaired) electrons. The first kappa shape index (κ1) is 12.2. The van der Waals surface area contributed by atoms with E-state index in [1.807, 2.05) is 30.3 Å². The molecule has 2 aliphatic rings. The molecule has 1 aromatic rings. The summed E-state index contributed by atoms with van der Waals surface area (Å²) in [5.41, 5.74) is 13.2. The molecular weight excluding hydrogens is 254 g/mol. The van der Waals surface area contributed by atoms with Gasteiger partial charge >= 0.3 is 0 Å². The van der Waals surface area contributed by atoms with Crippen LogP contribution in [0.3, 0.4) is 0 Å². The number of rotatable bonds is 1. The lowest BCUT2D eigenvalue weighted by Crippen LogP contribution is -2.20. The molecule has 0 saturated heterocycles. The van der Waals surface area contributed by atoms with Gasteiger partial charge in [-0.05, 0) is 11.6 Å². The molecule has 0 saturated carbocycles. The largest absolute Gasteiger partial charge is 0.385 e. The zero-order chi connectivity index (χ0) is 14.3. The molecule has 100 valence electrons. The van der Waals surface area contributed by atoms with Crippen LogP contribution in [0.4, 0.5) is 11.8 Å². The third kappa shape index (κ3) is 1.78. The number of hydrogen-bond acceptors (Lipinski definition) is 5. The molecule has 1 aromatic carbocycles. The van der Waals surface area contributed by atoms with Crippen LogP contribution in [0.5, 0.6) is 0 Å². The first-order chi connectivity index (χ1) is 9.58. The highest BCUT2D eigenvalue weighted by Crippen LogP contribution is 2.31. The van der Waals surface area contributed by atoms with Crippen molar-refractivity contribution in [2.45, 2.75) is 0 Å². The van der Waals surface area contributed by atoms with Gasteiger partial charge in [-0.15, -0.1) is 0 Å². The molecular formula is C14H13N5O. The minimum atomic E-state index is -0.401. The number of nitrogens with two attached hydrogens (primary N) is 2. The van der Waals surface area contributed by atoms with Gasteiger partial charge in [0.25, 0.3) is 5.56 Å². The van der Waals surface area contributed by atoms with Crippen LogP contribution in [-0.4, -0.2) is 14.5 Å². The third-order valence-electron chi connectivity index (χ3n) is 3.23. The Morgan fingerprint density at radius 2 is 1.80 bits per heavy atom. The van der Waals surface area contributed by atoms with Gasteiger partial charge in [-0.1, -0.05) is 30.3 Å². The summed E-state index contributed by atoms with van der Waals surface area (Å²) in [6, 6.07) is 11.3. The fourth-order valence-electron chi connectivity index (χ4n) is 2.21. The molecule has 0 bridgehead atoms. The van der Waals surface area contributed by atoms with Gasteiger partial charge in [0.2, 0.25) is 5.95 Å². The summed E-state index contributed by atoms with van der Waals surface area (Å²) in [7, 11) is 1.73. The second kappa shape index (κ2) is 4.34. The van der Waals surface area contributed by atoms with E-state index in [9.17, 15) is 4.79 Å². The average molecular weight is 267 g/mol. The summed E-state index contributed by atoms with van der Waals surface area (Å²) >= 11 is 0. The molecule has 0 aromatic heterocycles. The SMILES string of the molecule is Cn1c(N)cc(-c2ccccc2)c2c(=O)nc(N)nc1-2. The van der Waals surface area contributed by atoms with Crippen molar-refractivity contribution in [3.63, 3.8) is 0 Å². The molecule has 4 N–H and O–H groups in total. The average Bonchev–Trinajstić information content (AvgIpc) is 2.43. The normalized spacial score (nSPS) is 10.8.